The molecule has 3 heteroatoms. The van der Waals surface area contributed by atoms with Gasteiger partial charge in [0.15, 0.2) is 6.10 Å². The van der Waals surface area contributed by atoms with Crippen molar-refractivity contribution < 1.29 is 14.6 Å². The number of hydrogen-bond donors (Lipinski definition) is 1. The maximum Gasteiger partial charge on any atom is 0.303 e. The Balaban J connectivity index is 4.77. The van der Waals surface area contributed by atoms with Gasteiger partial charge < -0.3 is 9.84 Å². The van der Waals surface area contributed by atoms with E-state index in [0.717, 1.165) is 0 Å². The molecule has 0 aromatic rings. The third kappa shape index (κ3) is 4.24. The molecule has 0 bridgehead atoms. The fraction of sp³-hybridized carbons (Fsp3) is 0.769. The fourth-order valence-corrected chi connectivity index (χ4v) is 1.45. The monoisotopic (exact) mass is 226 g/mol. The summed E-state index contributed by atoms with van der Waals surface area (Å²) in [6.07, 6.45) is -0.485. The quantitative estimate of drug-likeness (QED) is 0.591. The van der Waals surface area contributed by atoms with Crippen molar-refractivity contribution in [2.75, 3.05) is 0 Å². The SMILES string of the molecule is CC(=O)OC(C)C#CC(O)(C(C)C)C(C)C. The standard InChI is InChI=1S/C13H22O3/c1-9(2)13(15,10(3)4)8-7-11(5)16-12(6)14/h9-11,15H,1-6H3. The average molecular weight is 226 g/mol. The second-order valence-electron chi connectivity index (χ2n) is 4.66. The van der Waals surface area contributed by atoms with Gasteiger partial charge in [-0.25, -0.2) is 0 Å². The van der Waals surface area contributed by atoms with Crippen molar-refractivity contribution in [3.05, 3.63) is 0 Å². The van der Waals surface area contributed by atoms with Crippen molar-refractivity contribution in [2.45, 2.75) is 53.2 Å². The largest absolute Gasteiger partial charge is 0.450 e. The lowest BCUT2D eigenvalue weighted by molar-refractivity contribution is -0.143. The predicted octanol–water partition coefficient (Wildman–Crippen LogP) is 1.98. The van der Waals surface area contributed by atoms with Crippen LogP contribution in [0.2, 0.25) is 0 Å². The fourth-order valence-electron chi connectivity index (χ4n) is 1.45. The summed E-state index contributed by atoms with van der Waals surface area (Å²) in [6.45, 7) is 10.7. The Hall–Kier alpha value is -1.01. The van der Waals surface area contributed by atoms with Gasteiger partial charge in [-0.3, -0.25) is 4.79 Å². The Kier molecular flexibility index (Phi) is 5.53. The molecule has 1 atom stereocenters. The van der Waals surface area contributed by atoms with Crippen LogP contribution in [0.25, 0.3) is 0 Å². The summed E-state index contributed by atoms with van der Waals surface area (Å²) >= 11 is 0. The second kappa shape index (κ2) is 5.91. The highest BCUT2D eigenvalue weighted by atomic mass is 16.5. The first-order valence-corrected chi connectivity index (χ1v) is 5.62. The molecule has 0 aromatic carbocycles. The van der Waals surface area contributed by atoms with Gasteiger partial charge >= 0.3 is 5.97 Å². The highest BCUT2D eigenvalue weighted by molar-refractivity contribution is 5.66. The number of carbonyl (C=O) groups is 1. The van der Waals surface area contributed by atoms with E-state index in [0.29, 0.717) is 0 Å². The third-order valence-corrected chi connectivity index (χ3v) is 2.58. The summed E-state index contributed by atoms with van der Waals surface area (Å²) in [5, 5.41) is 10.3. The molecule has 0 rings (SSSR count). The van der Waals surface area contributed by atoms with Crippen LogP contribution in [0.4, 0.5) is 0 Å². The van der Waals surface area contributed by atoms with Gasteiger partial charge in [0.05, 0.1) is 0 Å². The summed E-state index contributed by atoms with van der Waals surface area (Å²) in [6, 6.07) is 0. The van der Waals surface area contributed by atoms with Crippen LogP contribution in [0.5, 0.6) is 0 Å². The molecular weight excluding hydrogens is 204 g/mol. The number of carbonyl (C=O) groups excluding carboxylic acids is 1. The summed E-state index contributed by atoms with van der Waals surface area (Å²) < 4.78 is 4.88. The van der Waals surface area contributed by atoms with Gasteiger partial charge in [-0.2, -0.15) is 0 Å². The van der Waals surface area contributed by atoms with Crippen LogP contribution in [0.3, 0.4) is 0 Å². The zero-order valence-electron chi connectivity index (χ0n) is 11.0. The summed E-state index contributed by atoms with van der Waals surface area (Å²) in [4.78, 5) is 10.7. The number of aliphatic hydroxyl groups is 1. The minimum Gasteiger partial charge on any atom is -0.450 e. The first-order chi connectivity index (χ1) is 7.20. The number of ether oxygens (including phenoxy) is 1. The molecule has 0 aliphatic carbocycles. The molecule has 0 aliphatic rings. The molecule has 16 heavy (non-hydrogen) atoms. The molecule has 0 saturated heterocycles. The molecule has 1 unspecified atom stereocenters. The molecule has 0 heterocycles. The number of esters is 1. The predicted molar refractivity (Wildman–Crippen MR) is 63.6 cm³/mol. The lowest BCUT2D eigenvalue weighted by Crippen LogP contribution is -2.39. The van der Waals surface area contributed by atoms with Crippen LogP contribution in [0.15, 0.2) is 0 Å². The zero-order valence-corrected chi connectivity index (χ0v) is 11.0. The highest BCUT2D eigenvalue weighted by Gasteiger charge is 2.32. The van der Waals surface area contributed by atoms with E-state index in [1.165, 1.54) is 6.92 Å². The lowest BCUT2D eigenvalue weighted by Gasteiger charge is -2.30. The maximum atomic E-state index is 10.7. The Bertz CT molecular complexity index is 286. The summed E-state index contributed by atoms with van der Waals surface area (Å²) in [5.41, 5.74) is -1.03. The second-order valence-corrected chi connectivity index (χ2v) is 4.66. The van der Waals surface area contributed by atoms with E-state index in [2.05, 4.69) is 11.8 Å². The van der Waals surface area contributed by atoms with E-state index in [-0.39, 0.29) is 17.8 Å². The molecule has 0 fully saturated rings. The molecule has 0 radical (unpaired) electrons. The Labute approximate surface area is 98.2 Å². The minimum absolute atomic E-state index is 0.0320. The third-order valence-electron chi connectivity index (χ3n) is 2.58. The van der Waals surface area contributed by atoms with Crippen LogP contribution in [-0.2, 0) is 9.53 Å². The van der Waals surface area contributed by atoms with Crippen LogP contribution in [0, 0.1) is 23.7 Å². The van der Waals surface area contributed by atoms with Gasteiger partial charge in [0, 0.05) is 6.92 Å². The van der Waals surface area contributed by atoms with Crippen molar-refractivity contribution in [2.24, 2.45) is 11.8 Å². The highest BCUT2D eigenvalue weighted by Crippen LogP contribution is 2.25. The van der Waals surface area contributed by atoms with Gasteiger partial charge in [0.2, 0.25) is 0 Å². The van der Waals surface area contributed by atoms with Crippen molar-refractivity contribution >= 4 is 5.97 Å². The number of rotatable bonds is 3. The Morgan fingerprint density at radius 2 is 1.62 bits per heavy atom. The number of hydrogen-bond acceptors (Lipinski definition) is 3. The molecule has 0 amide bonds. The zero-order chi connectivity index (χ0) is 12.9. The van der Waals surface area contributed by atoms with E-state index in [1.807, 2.05) is 27.7 Å². The summed E-state index contributed by atoms with van der Waals surface area (Å²) in [5.74, 6) is 5.30. The molecular formula is C13H22O3. The molecule has 0 spiro atoms. The maximum absolute atomic E-state index is 10.7. The van der Waals surface area contributed by atoms with Crippen molar-refractivity contribution in [1.82, 2.24) is 0 Å². The van der Waals surface area contributed by atoms with E-state index in [9.17, 15) is 9.90 Å². The first-order valence-electron chi connectivity index (χ1n) is 5.62. The smallest absolute Gasteiger partial charge is 0.303 e. The van der Waals surface area contributed by atoms with Gasteiger partial charge in [-0.05, 0) is 18.8 Å². The first kappa shape index (κ1) is 15.0. The van der Waals surface area contributed by atoms with Gasteiger partial charge in [-0.15, -0.1) is 0 Å². The van der Waals surface area contributed by atoms with Crippen molar-refractivity contribution in [1.29, 1.82) is 0 Å². The van der Waals surface area contributed by atoms with Gasteiger partial charge in [0.25, 0.3) is 0 Å². The molecule has 1 N–H and O–H groups in total. The molecule has 3 nitrogen and oxygen atoms in total. The minimum atomic E-state index is -1.03. The molecule has 0 aromatic heterocycles. The summed E-state index contributed by atoms with van der Waals surface area (Å²) in [7, 11) is 0. The van der Waals surface area contributed by atoms with Gasteiger partial charge in [-0.1, -0.05) is 39.5 Å². The molecule has 0 saturated carbocycles. The van der Waals surface area contributed by atoms with Crippen molar-refractivity contribution in [3.8, 4) is 11.8 Å². The Morgan fingerprint density at radius 3 is 1.94 bits per heavy atom. The molecule has 92 valence electrons. The van der Waals surface area contributed by atoms with Crippen molar-refractivity contribution in [3.63, 3.8) is 0 Å². The Morgan fingerprint density at radius 1 is 1.19 bits per heavy atom. The molecule has 0 aliphatic heterocycles. The van der Waals surface area contributed by atoms with Gasteiger partial charge in [0.1, 0.15) is 5.60 Å². The van der Waals surface area contributed by atoms with Crippen LogP contribution >= 0.6 is 0 Å². The topological polar surface area (TPSA) is 46.5 Å². The van der Waals surface area contributed by atoms with Crippen LogP contribution in [0.1, 0.15) is 41.5 Å². The van der Waals surface area contributed by atoms with Crippen LogP contribution in [-0.4, -0.2) is 22.8 Å². The van der Waals surface area contributed by atoms with E-state index >= 15 is 0 Å². The van der Waals surface area contributed by atoms with E-state index in [4.69, 9.17) is 4.74 Å². The van der Waals surface area contributed by atoms with E-state index < -0.39 is 11.7 Å². The van der Waals surface area contributed by atoms with E-state index in [1.54, 1.807) is 6.92 Å². The van der Waals surface area contributed by atoms with Crippen LogP contribution < -0.4 is 0 Å². The normalized spacial score (nSPS) is 13.3. The lowest BCUT2D eigenvalue weighted by atomic mass is 9.81. The average Bonchev–Trinajstić information content (AvgIpc) is 2.12.